The number of phenolic OH excluding ortho intramolecular Hbond substituents is 1. The molecule has 0 unspecified atom stereocenters. The summed E-state index contributed by atoms with van der Waals surface area (Å²) in [7, 11) is -4.87. The first-order chi connectivity index (χ1) is 11.3. The summed E-state index contributed by atoms with van der Waals surface area (Å²) in [5, 5.41) is 13.0. The average molecular weight is 354 g/mol. The zero-order chi connectivity index (χ0) is 17.5. The number of aromatic nitrogens is 3. The third-order valence-corrected chi connectivity index (χ3v) is 3.99. The Kier molecular flexibility index (Phi) is 3.73. The van der Waals surface area contributed by atoms with Gasteiger partial charge in [0, 0.05) is 5.39 Å². The van der Waals surface area contributed by atoms with E-state index in [9.17, 15) is 26.9 Å². The van der Waals surface area contributed by atoms with Crippen LogP contribution in [0.5, 0.6) is 5.75 Å². The molecule has 0 atom stereocenters. The van der Waals surface area contributed by atoms with Crippen molar-refractivity contribution in [1.82, 2.24) is 15.0 Å². The van der Waals surface area contributed by atoms with Gasteiger partial charge in [-0.25, -0.2) is 0 Å². The number of rotatable bonds is 3. The van der Waals surface area contributed by atoms with Crippen LogP contribution in [-0.2, 0) is 10.1 Å². The highest BCUT2D eigenvalue weighted by atomic mass is 32.2. The van der Waals surface area contributed by atoms with Gasteiger partial charge in [0.2, 0.25) is 5.95 Å². The van der Waals surface area contributed by atoms with Crippen molar-refractivity contribution in [1.29, 1.82) is 0 Å². The first-order valence-electron chi connectivity index (χ1n) is 6.32. The Balaban J connectivity index is 2.26. The van der Waals surface area contributed by atoms with Gasteiger partial charge in [-0.15, -0.1) is 0 Å². The minimum atomic E-state index is -4.87. The second-order valence-corrected chi connectivity index (χ2v) is 5.98. The Morgan fingerprint density at radius 2 is 1.67 bits per heavy atom. The lowest BCUT2D eigenvalue weighted by atomic mass is 10.1. The van der Waals surface area contributed by atoms with Gasteiger partial charge in [-0.2, -0.15) is 32.2 Å². The molecule has 8 nitrogen and oxygen atoms in total. The van der Waals surface area contributed by atoms with Crippen LogP contribution in [0.25, 0.3) is 10.8 Å². The molecule has 3 aromatic rings. The predicted molar refractivity (Wildman–Crippen MR) is 78.5 cm³/mol. The Labute approximate surface area is 133 Å². The van der Waals surface area contributed by atoms with Crippen LogP contribution in [0.2, 0.25) is 0 Å². The van der Waals surface area contributed by atoms with E-state index in [-0.39, 0.29) is 11.1 Å². The number of anilines is 2. The second-order valence-electron chi connectivity index (χ2n) is 4.62. The van der Waals surface area contributed by atoms with Gasteiger partial charge in [0.15, 0.2) is 4.90 Å². The van der Waals surface area contributed by atoms with Crippen molar-refractivity contribution < 1.29 is 26.9 Å². The van der Waals surface area contributed by atoms with Gasteiger partial charge in [-0.3, -0.25) is 4.55 Å². The van der Waals surface area contributed by atoms with Crippen molar-refractivity contribution in [3.63, 3.8) is 0 Å². The molecule has 0 radical (unpaired) electrons. The molecule has 0 aliphatic carbocycles. The Morgan fingerprint density at radius 1 is 1.04 bits per heavy atom. The highest BCUT2D eigenvalue weighted by molar-refractivity contribution is 7.86. The maximum atomic E-state index is 13.0. The Hall–Kier alpha value is -2.92. The van der Waals surface area contributed by atoms with E-state index in [1.165, 1.54) is 12.1 Å². The van der Waals surface area contributed by atoms with Gasteiger partial charge in [-0.1, -0.05) is 24.3 Å². The van der Waals surface area contributed by atoms with E-state index in [4.69, 9.17) is 0 Å². The summed E-state index contributed by atoms with van der Waals surface area (Å²) >= 11 is 0. The number of phenols is 1. The van der Waals surface area contributed by atoms with Gasteiger partial charge < -0.3 is 10.4 Å². The van der Waals surface area contributed by atoms with E-state index in [0.717, 1.165) is 0 Å². The fourth-order valence-corrected chi connectivity index (χ4v) is 2.91. The van der Waals surface area contributed by atoms with Crippen LogP contribution in [0, 0.1) is 12.2 Å². The van der Waals surface area contributed by atoms with Crippen molar-refractivity contribution >= 4 is 32.5 Å². The van der Waals surface area contributed by atoms with Crippen LogP contribution in [0.1, 0.15) is 0 Å². The van der Waals surface area contributed by atoms with Crippen molar-refractivity contribution in [2.75, 3.05) is 5.32 Å². The number of aromatic hydroxyl groups is 1. The molecule has 0 saturated heterocycles. The number of fused-ring (bicyclic) bond motifs is 1. The second kappa shape index (κ2) is 5.62. The number of hydrogen-bond acceptors (Lipinski definition) is 7. The molecule has 0 amide bonds. The molecule has 0 spiro atoms. The first-order valence-corrected chi connectivity index (χ1v) is 7.76. The van der Waals surface area contributed by atoms with E-state index < -0.39 is 38.9 Å². The van der Waals surface area contributed by atoms with Gasteiger partial charge in [0.1, 0.15) is 5.75 Å². The smallest absolute Gasteiger partial charge is 0.315 e. The molecule has 0 aliphatic heterocycles. The van der Waals surface area contributed by atoms with Crippen LogP contribution >= 0.6 is 0 Å². The zero-order valence-electron chi connectivity index (χ0n) is 11.6. The third kappa shape index (κ3) is 2.94. The summed E-state index contributed by atoms with van der Waals surface area (Å²) in [6.07, 6.45) is -2.85. The monoisotopic (exact) mass is 354 g/mol. The molecule has 0 fully saturated rings. The molecule has 1 aromatic heterocycles. The van der Waals surface area contributed by atoms with Gasteiger partial charge in [0.25, 0.3) is 10.1 Å². The van der Waals surface area contributed by atoms with E-state index in [0.29, 0.717) is 5.39 Å². The molecule has 3 rings (SSSR count). The number of nitrogens with one attached hydrogen (secondary N) is 1. The van der Waals surface area contributed by atoms with Crippen molar-refractivity contribution in [3.8, 4) is 5.75 Å². The summed E-state index contributed by atoms with van der Waals surface area (Å²) in [6, 6.07) is 7.42. The lowest BCUT2D eigenvalue weighted by Gasteiger charge is -2.13. The van der Waals surface area contributed by atoms with Crippen molar-refractivity contribution in [2.45, 2.75) is 4.90 Å². The summed E-state index contributed by atoms with van der Waals surface area (Å²) in [4.78, 5) is 8.16. The van der Waals surface area contributed by atoms with Crippen LogP contribution in [0.4, 0.5) is 20.4 Å². The number of nitrogens with zero attached hydrogens (tertiary/aromatic N) is 3. The molecular weight excluding hydrogens is 346 g/mol. The van der Waals surface area contributed by atoms with Crippen LogP contribution < -0.4 is 5.32 Å². The van der Waals surface area contributed by atoms with Crippen molar-refractivity contribution in [3.05, 3.63) is 42.5 Å². The molecule has 1 heterocycles. The lowest BCUT2D eigenvalue weighted by Crippen LogP contribution is -2.08. The number of halogens is 2. The lowest BCUT2D eigenvalue weighted by molar-refractivity contribution is 0.449. The maximum Gasteiger partial charge on any atom is 0.315 e. The van der Waals surface area contributed by atoms with Crippen molar-refractivity contribution in [2.24, 2.45) is 0 Å². The third-order valence-electron chi connectivity index (χ3n) is 3.06. The largest absolute Gasteiger partial charge is 0.506 e. The molecule has 0 aliphatic rings. The average Bonchev–Trinajstić information content (AvgIpc) is 2.44. The SMILES string of the molecule is O=S(=O)(O)c1c(Nc2nc(F)nc(F)n2)cc2ccccc2c1O. The highest BCUT2D eigenvalue weighted by Crippen LogP contribution is 2.38. The predicted octanol–water partition coefficient (Wildman–Crippen LogP) is 2.00. The summed E-state index contributed by atoms with van der Waals surface area (Å²) < 4.78 is 58.6. The van der Waals surface area contributed by atoms with E-state index in [1.807, 2.05) is 0 Å². The number of benzene rings is 2. The molecule has 0 bridgehead atoms. The van der Waals surface area contributed by atoms with Crippen LogP contribution in [0.3, 0.4) is 0 Å². The molecule has 24 heavy (non-hydrogen) atoms. The Bertz CT molecular complexity index is 1040. The Morgan fingerprint density at radius 3 is 2.29 bits per heavy atom. The zero-order valence-corrected chi connectivity index (χ0v) is 12.4. The molecule has 0 saturated carbocycles. The molecular formula is C13H8F2N4O4S. The molecule has 124 valence electrons. The summed E-state index contributed by atoms with van der Waals surface area (Å²) in [5.74, 6) is -1.37. The van der Waals surface area contributed by atoms with E-state index >= 15 is 0 Å². The van der Waals surface area contributed by atoms with Crippen LogP contribution in [0.15, 0.2) is 35.2 Å². The minimum Gasteiger partial charge on any atom is -0.506 e. The normalized spacial score (nSPS) is 11.6. The van der Waals surface area contributed by atoms with Crippen LogP contribution in [-0.4, -0.2) is 33.0 Å². The van der Waals surface area contributed by atoms with Gasteiger partial charge in [0.05, 0.1) is 5.69 Å². The fourth-order valence-electron chi connectivity index (χ4n) is 2.17. The van der Waals surface area contributed by atoms with Gasteiger partial charge in [-0.05, 0) is 11.5 Å². The summed E-state index contributed by atoms with van der Waals surface area (Å²) in [5.41, 5.74) is -0.362. The van der Waals surface area contributed by atoms with E-state index in [2.05, 4.69) is 20.3 Å². The maximum absolute atomic E-state index is 13.0. The molecule has 2 aromatic carbocycles. The molecule has 3 N–H and O–H groups in total. The standard InChI is InChI=1S/C13H8F2N4O4S/c14-11-17-12(15)19-13(18-11)16-8-5-6-3-1-2-4-7(6)9(20)10(8)24(21,22)23/h1-5,20H,(H,21,22,23)(H,16,17,18,19). The fraction of sp³-hybridized carbons (Fsp3) is 0. The minimum absolute atomic E-state index is 0.156. The topological polar surface area (TPSA) is 125 Å². The molecule has 11 heteroatoms. The van der Waals surface area contributed by atoms with Gasteiger partial charge >= 0.3 is 12.2 Å². The van der Waals surface area contributed by atoms with E-state index in [1.54, 1.807) is 18.2 Å². The highest BCUT2D eigenvalue weighted by Gasteiger charge is 2.24. The summed E-state index contributed by atoms with van der Waals surface area (Å²) in [6.45, 7) is 0. The quantitative estimate of drug-likeness (QED) is 0.610. The number of hydrogen-bond donors (Lipinski definition) is 3. The first kappa shape index (κ1) is 16.0.